The minimum absolute atomic E-state index is 0.0635. The van der Waals surface area contributed by atoms with E-state index in [-0.39, 0.29) is 33.9 Å². The summed E-state index contributed by atoms with van der Waals surface area (Å²) in [6.45, 7) is 14.8. The molecule has 0 aromatic carbocycles. The van der Waals surface area contributed by atoms with Crippen molar-refractivity contribution in [2.24, 2.45) is 57.2 Å². The van der Waals surface area contributed by atoms with E-state index in [0.717, 1.165) is 38.5 Å². The lowest BCUT2D eigenvalue weighted by molar-refractivity contribution is -0.277. The van der Waals surface area contributed by atoms with Crippen LogP contribution in [0.1, 0.15) is 106 Å². The molecule has 6 aliphatic rings. The summed E-state index contributed by atoms with van der Waals surface area (Å²) >= 11 is 0. The molecule has 3 heteroatoms. The zero-order valence-electron chi connectivity index (χ0n) is 21.4. The van der Waals surface area contributed by atoms with E-state index in [9.17, 15) is 9.90 Å². The van der Waals surface area contributed by atoms with Crippen LogP contribution in [0.25, 0.3) is 0 Å². The van der Waals surface area contributed by atoms with Crippen LogP contribution in [-0.4, -0.2) is 22.8 Å². The summed E-state index contributed by atoms with van der Waals surface area (Å²) < 4.78 is 6.76. The molecule has 1 saturated heterocycles. The molecule has 11 atom stereocenters. The molecule has 11 unspecified atom stereocenters. The molecule has 180 valence electrons. The largest absolute Gasteiger partial charge is 0.458 e. The van der Waals surface area contributed by atoms with Crippen LogP contribution in [0.4, 0.5) is 0 Å². The van der Waals surface area contributed by atoms with Crippen molar-refractivity contribution in [2.45, 2.75) is 117 Å². The third-order valence-electron chi connectivity index (χ3n) is 13.7. The first-order valence-electron chi connectivity index (χ1n) is 13.9. The van der Waals surface area contributed by atoms with Crippen molar-refractivity contribution in [1.82, 2.24) is 0 Å². The highest BCUT2D eigenvalue weighted by Crippen LogP contribution is 2.81. The minimum Gasteiger partial charge on any atom is -0.458 e. The molecule has 0 aromatic rings. The minimum atomic E-state index is -0.248. The average Bonchev–Trinajstić information content (AvgIpc) is 3.21. The summed E-state index contributed by atoms with van der Waals surface area (Å²) in [4.78, 5) is 13.6. The van der Waals surface area contributed by atoms with Gasteiger partial charge in [-0.15, -0.1) is 0 Å². The molecule has 1 aliphatic heterocycles. The molecule has 6 fully saturated rings. The van der Waals surface area contributed by atoms with Crippen molar-refractivity contribution in [2.75, 3.05) is 0 Å². The zero-order valence-corrected chi connectivity index (χ0v) is 21.4. The number of carbonyl (C=O) groups is 1. The van der Waals surface area contributed by atoms with Crippen LogP contribution in [-0.2, 0) is 9.53 Å². The van der Waals surface area contributed by atoms with Crippen LogP contribution in [0.3, 0.4) is 0 Å². The molecule has 1 N–H and O–H groups in total. The van der Waals surface area contributed by atoms with Gasteiger partial charge in [-0.25, -0.2) is 0 Å². The van der Waals surface area contributed by atoms with E-state index in [1.165, 1.54) is 25.7 Å². The topological polar surface area (TPSA) is 46.5 Å². The number of esters is 1. The Bertz CT molecular complexity index is 836. The number of aliphatic hydroxyl groups excluding tert-OH is 1. The highest BCUT2D eigenvalue weighted by molar-refractivity contribution is 5.82. The number of aliphatic hydroxyl groups is 1. The number of hydrogen-bond acceptors (Lipinski definition) is 3. The predicted octanol–water partition coefficient (Wildman–Crippen LogP) is 6.37. The van der Waals surface area contributed by atoms with Crippen LogP contribution in [0, 0.1) is 57.2 Å². The number of hydrogen-bond donors (Lipinski definition) is 1. The van der Waals surface area contributed by atoms with Gasteiger partial charge in [-0.1, -0.05) is 41.5 Å². The number of carbonyl (C=O) groups excluding carboxylic acids is 1. The Kier molecular flexibility index (Phi) is 4.35. The molecule has 0 amide bonds. The molecule has 3 nitrogen and oxygen atoms in total. The fourth-order valence-corrected chi connectivity index (χ4v) is 11.8. The number of rotatable bonds is 1. The fourth-order valence-electron chi connectivity index (χ4n) is 11.8. The van der Waals surface area contributed by atoms with Crippen LogP contribution in [0.2, 0.25) is 0 Å². The van der Waals surface area contributed by atoms with E-state index >= 15 is 0 Å². The summed E-state index contributed by atoms with van der Waals surface area (Å²) in [6.07, 6.45) is 11.2. The van der Waals surface area contributed by atoms with Gasteiger partial charge in [-0.05, 0) is 105 Å². The molecule has 2 bridgehead atoms. The van der Waals surface area contributed by atoms with E-state index in [4.69, 9.17) is 4.74 Å². The Morgan fingerprint density at radius 1 is 0.938 bits per heavy atom. The van der Waals surface area contributed by atoms with Crippen LogP contribution < -0.4 is 0 Å². The van der Waals surface area contributed by atoms with Gasteiger partial charge in [-0.2, -0.15) is 0 Å². The van der Waals surface area contributed by atoms with Crippen LogP contribution in [0.5, 0.6) is 0 Å². The number of fused-ring (bicyclic) bond motifs is 4. The Labute approximate surface area is 195 Å². The van der Waals surface area contributed by atoms with E-state index in [0.29, 0.717) is 40.9 Å². The van der Waals surface area contributed by atoms with Crippen molar-refractivity contribution in [1.29, 1.82) is 0 Å². The summed E-state index contributed by atoms with van der Waals surface area (Å²) in [7, 11) is 0. The van der Waals surface area contributed by atoms with Gasteiger partial charge in [-0.3, -0.25) is 4.79 Å². The lowest BCUT2D eigenvalue weighted by Gasteiger charge is -2.72. The van der Waals surface area contributed by atoms with Crippen molar-refractivity contribution < 1.29 is 14.6 Å². The fraction of sp³-hybridized carbons (Fsp3) is 0.966. The van der Waals surface area contributed by atoms with Gasteiger partial charge in [0.1, 0.15) is 5.60 Å². The third kappa shape index (κ3) is 2.14. The Balaban J connectivity index is 1.46. The maximum atomic E-state index is 13.6. The molecule has 6 rings (SSSR count). The molecule has 32 heavy (non-hydrogen) atoms. The highest BCUT2D eigenvalue weighted by Gasteiger charge is 2.82. The van der Waals surface area contributed by atoms with E-state index in [2.05, 4.69) is 41.5 Å². The van der Waals surface area contributed by atoms with Gasteiger partial charge in [0.15, 0.2) is 0 Å². The van der Waals surface area contributed by atoms with Crippen molar-refractivity contribution in [3.8, 4) is 0 Å². The van der Waals surface area contributed by atoms with E-state index in [1.54, 1.807) is 0 Å². The maximum absolute atomic E-state index is 13.6. The zero-order chi connectivity index (χ0) is 22.9. The Morgan fingerprint density at radius 2 is 1.69 bits per heavy atom. The van der Waals surface area contributed by atoms with Crippen molar-refractivity contribution in [3.05, 3.63) is 0 Å². The molecule has 5 aliphatic carbocycles. The summed E-state index contributed by atoms with van der Waals surface area (Å²) in [5, 5.41) is 10.7. The predicted molar refractivity (Wildman–Crippen MR) is 126 cm³/mol. The Morgan fingerprint density at radius 3 is 2.41 bits per heavy atom. The van der Waals surface area contributed by atoms with Gasteiger partial charge in [0.2, 0.25) is 0 Å². The first-order chi connectivity index (χ1) is 15.0. The molecule has 0 radical (unpaired) electrons. The van der Waals surface area contributed by atoms with Gasteiger partial charge in [0.25, 0.3) is 0 Å². The molecule has 0 aromatic heterocycles. The molecule has 1 spiro atoms. The molecular formula is C29H46O3. The summed E-state index contributed by atoms with van der Waals surface area (Å²) in [5.41, 5.74) is 0.151. The van der Waals surface area contributed by atoms with Crippen LogP contribution >= 0.6 is 0 Å². The Hall–Kier alpha value is -0.570. The van der Waals surface area contributed by atoms with Gasteiger partial charge < -0.3 is 9.84 Å². The monoisotopic (exact) mass is 442 g/mol. The second-order valence-corrected chi connectivity index (χ2v) is 14.3. The summed E-state index contributed by atoms with van der Waals surface area (Å²) in [6, 6.07) is 0. The first kappa shape index (κ1) is 21.9. The normalized spacial score (nSPS) is 60.9. The lowest BCUT2D eigenvalue weighted by atomic mass is 9.32. The van der Waals surface area contributed by atoms with Gasteiger partial charge in [0.05, 0.1) is 11.5 Å². The second kappa shape index (κ2) is 6.35. The second-order valence-electron chi connectivity index (χ2n) is 14.3. The first-order valence-corrected chi connectivity index (χ1v) is 13.9. The molecule has 5 saturated carbocycles. The lowest BCUT2D eigenvalue weighted by Crippen LogP contribution is -2.71. The molecule has 1 heterocycles. The van der Waals surface area contributed by atoms with Gasteiger partial charge in [0, 0.05) is 11.3 Å². The molecular weight excluding hydrogens is 396 g/mol. The maximum Gasteiger partial charge on any atom is 0.313 e. The summed E-state index contributed by atoms with van der Waals surface area (Å²) in [5.74, 6) is 3.55. The van der Waals surface area contributed by atoms with E-state index < -0.39 is 0 Å². The number of ether oxygens (including phenoxy) is 1. The van der Waals surface area contributed by atoms with E-state index in [1.807, 2.05) is 0 Å². The standard InChI is InChI=1S/C29H46O3/c1-17(2)19-7-13-28-16-15-27(6)26(5)12-8-20-18(3)21(30)9-11-25(20,4)22(26)10-14-29(27,23(19)28)32-24(28)31/h17-23,30H,7-16H2,1-6H3. The SMILES string of the molecule is CC(C)C1CCC23CCC4(C)C5(C)CCC6C(C)C(O)CCC6(C)C5CCC4(OC2=O)C13. The quantitative estimate of drug-likeness (QED) is 0.480. The highest BCUT2D eigenvalue weighted by atomic mass is 16.6. The third-order valence-corrected chi connectivity index (χ3v) is 13.7. The van der Waals surface area contributed by atoms with Crippen molar-refractivity contribution in [3.63, 3.8) is 0 Å². The average molecular weight is 443 g/mol. The van der Waals surface area contributed by atoms with Crippen LogP contribution in [0.15, 0.2) is 0 Å². The van der Waals surface area contributed by atoms with Gasteiger partial charge >= 0.3 is 5.97 Å². The van der Waals surface area contributed by atoms with Crippen molar-refractivity contribution >= 4 is 5.97 Å². The smallest absolute Gasteiger partial charge is 0.313 e.